The molecule has 0 amide bonds. The number of aliphatic carboxylic acids is 1. The Balaban J connectivity index is 2.59. The fourth-order valence-electron chi connectivity index (χ4n) is 2.00. The number of carboxylic acid groups (broad SMARTS) is 1. The molecule has 1 aromatic carbocycles. The van der Waals surface area contributed by atoms with Gasteiger partial charge in [-0.15, -0.1) is 0 Å². The van der Waals surface area contributed by atoms with Gasteiger partial charge in [0.2, 0.25) is 0 Å². The minimum atomic E-state index is -1.45. The highest BCUT2D eigenvalue weighted by molar-refractivity contribution is 6.40. The van der Waals surface area contributed by atoms with Gasteiger partial charge in [0, 0.05) is 18.5 Å². The summed E-state index contributed by atoms with van der Waals surface area (Å²) in [6.07, 6.45) is 0. The molecule has 2 rings (SSSR count). The Morgan fingerprint density at radius 3 is 2.56 bits per heavy atom. The van der Waals surface area contributed by atoms with E-state index in [1.165, 1.54) is 12.1 Å². The quantitative estimate of drug-likeness (QED) is 0.663. The fourth-order valence-corrected chi connectivity index (χ4v) is 2.00. The first-order chi connectivity index (χ1) is 8.41. The van der Waals surface area contributed by atoms with Gasteiger partial charge in [0.1, 0.15) is 5.82 Å². The highest BCUT2D eigenvalue weighted by atomic mass is 16.4. The Labute approximate surface area is 104 Å². The van der Waals surface area contributed by atoms with Crippen molar-refractivity contribution in [2.24, 2.45) is 7.05 Å². The molecule has 0 aliphatic rings. The number of ketones is 1. The van der Waals surface area contributed by atoms with Gasteiger partial charge in [0.25, 0.3) is 5.78 Å². The molecule has 0 bridgehead atoms. The van der Waals surface area contributed by atoms with Crippen molar-refractivity contribution in [2.75, 3.05) is 0 Å². The van der Waals surface area contributed by atoms with E-state index in [0.29, 0.717) is 5.52 Å². The van der Waals surface area contributed by atoms with Gasteiger partial charge in [-0.25, -0.2) is 9.78 Å². The predicted molar refractivity (Wildman–Crippen MR) is 66.8 cm³/mol. The first kappa shape index (κ1) is 12.3. The summed E-state index contributed by atoms with van der Waals surface area (Å²) in [4.78, 5) is 26.5. The van der Waals surface area contributed by atoms with Crippen LogP contribution in [0.3, 0.4) is 0 Å². The number of aryl methyl sites for hydroxylation is 1. The average Bonchev–Trinajstić information content (AvgIpc) is 2.65. The van der Waals surface area contributed by atoms with Crippen LogP contribution in [0.15, 0.2) is 18.2 Å². The van der Waals surface area contributed by atoms with Gasteiger partial charge in [-0.2, -0.15) is 0 Å². The number of hydrogen-bond donors (Lipinski definition) is 1. The first-order valence-electron chi connectivity index (χ1n) is 5.65. The molecule has 1 N–H and O–H groups in total. The maximum atomic E-state index is 11.4. The number of Topliss-reactive ketones (excluding diaryl/α,β-unsaturated/α-hetero) is 1. The van der Waals surface area contributed by atoms with Crippen molar-refractivity contribution >= 4 is 22.8 Å². The number of hydrogen-bond acceptors (Lipinski definition) is 3. The second-order valence-corrected chi connectivity index (χ2v) is 4.52. The van der Waals surface area contributed by atoms with Crippen molar-refractivity contribution in [3.05, 3.63) is 29.6 Å². The molecule has 5 nitrogen and oxygen atoms in total. The Hall–Kier alpha value is -2.17. The molecule has 0 fully saturated rings. The number of rotatable bonds is 3. The number of carbonyl (C=O) groups is 2. The van der Waals surface area contributed by atoms with E-state index < -0.39 is 11.8 Å². The fraction of sp³-hybridized carbons (Fsp3) is 0.308. The van der Waals surface area contributed by atoms with Gasteiger partial charge >= 0.3 is 5.97 Å². The topological polar surface area (TPSA) is 72.2 Å². The molecule has 1 heterocycles. The SMILES string of the molecule is CC(C)c1nc2cc(C(=O)C(=O)O)ccc2n1C. The second kappa shape index (κ2) is 4.25. The van der Waals surface area contributed by atoms with Gasteiger partial charge < -0.3 is 9.67 Å². The van der Waals surface area contributed by atoms with Crippen LogP contribution in [0.1, 0.15) is 35.9 Å². The van der Waals surface area contributed by atoms with Crippen LogP contribution in [-0.2, 0) is 11.8 Å². The van der Waals surface area contributed by atoms with Crippen LogP contribution in [-0.4, -0.2) is 26.4 Å². The van der Waals surface area contributed by atoms with Gasteiger partial charge in [-0.1, -0.05) is 13.8 Å². The lowest BCUT2D eigenvalue weighted by atomic mass is 10.1. The zero-order valence-corrected chi connectivity index (χ0v) is 10.5. The molecular weight excluding hydrogens is 232 g/mol. The van der Waals surface area contributed by atoms with E-state index in [-0.39, 0.29) is 11.5 Å². The van der Waals surface area contributed by atoms with E-state index in [1.807, 2.05) is 25.5 Å². The molecule has 94 valence electrons. The lowest BCUT2D eigenvalue weighted by Gasteiger charge is -2.04. The van der Waals surface area contributed by atoms with Crippen molar-refractivity contribution in [2.45, 2.75) is 19.8 Å². The molecular formula is C13H14N2O3. The van der Waals surface area contributed by atoms with E-state index in [0.717, 1.165) is 11.3 Å². The number of fused-ring (bicyclic) bond motifs is 1. The van der Waals surface area contributed by atoms with Crippen LogP contribution in [0, 0.1) is 0 Å². The molecule has 5 heteroatoms. The highest BCUT2D eigenvalue weighted by Crippen LogP contribution is 2.21. The molecule has 0 unspecified atom stereocenters. The maximum absolute atomic E-state index is 11.4. The van der Waals surface area contributed by atoms with Crippen molar-refractivity contribution in [1.82, 2.24) is 9.55 Å². The average molecular weight is 246 g/mol. The largest absolute Gasteiger partial charge is 0.475 e. The molecule has 1 aromatic heterocycles. The Morgan fingerprint density at radius 2 is 2.00 bits per heavy atom. The number of benzene rings is 1. The summed E-state index contributed by atoms with van der Waals surface area (Å²) in [5.74, 6) is -1.19. The molecule has 18 heavy (non-hydrogen) atoms. The smallest absolute Gasteiger partial charge is 0.377 e. The lowest BCUT2D eigenvalue weighted by molar-refractivity contribution is -0.131. The molecule has 0 radical (unpaired) electrons. The second-order valence-electron chi connectivity index (χ2n) is 4.52. The molecule has 2 aromatic rings. The van der Waals surface area contributed by atoms with Crippen LogP contribution >= 0.6 is 0 Å². The van der Waals surface area contributed by atoms with E-state index >= 15 is 0 Å². The monoisotopic (exact) mass is 246 g/mol. The molecule has 0 saturated carbocycles. The molecule has 0 saturated heterocycles. The van der Waals surface area contributed by atoms with Gasteiger partial charge in [-0.05, 0) is 18.2 Å². The lowest BCUT2D eigenvalue weighted by Crippen LogP contribution is -2.12. The third kappa shape index (κ3) is 1.88. The minimum Gasteiger partial charge on any atom is -0.475 e. The van der Waals surface area contributed by atoms with Crippen molar-refractivity contribution in [3.8, 4) is 0 Å². The first-order valence-corrected chi connectivity index (χ1v) is 5.65. The number of nitrogens with zero attached hydrogens (tertiary/aromatic N) is 2. The van der Waals surface area contributed by atoms with Crippen molar-refractivity contribution < 1.29 is 14.7 Å². The van der Waals surface area contributed by atoms with Crippen LogP contribution in [0.5, 0.6) is 0 Å². The van der Waals surface area contributed by atoms with Gasteiger partial charge in [-0.3, -0.25) is 4.79 Å². The Bertz CT molecular complexity index is 641. The van der Waals surface area contributed by atoms with Gasteiger partial charge in [0.15, 0.2) is 0 Å². The summed E-state index contributed by atoms with van der Waals surface area (Å²) in [6, 6.07) is 4.77. The zero-order valence-electron chi connectivity index (χ0n) is 10.5. The van der Waals surface area contributed by atoms with Crippen molar-refractivity contribution in [1.29, 1.82) is 0 Å². The number of carboxylic acids is 1. The molecule has 0 atom stereocenters. The number of imidazole rings is 1. The van der Waals surface area contributed by atoms with E-state index in [9.17, 15) is 9.59 Å². The third-order valence-corrected chi connectivity index (χ3v) is 2.89. The molecule has 0 aliphatic heterocycles. The summed E-state index contributed by atoms with van der Waals surface area (Å²) in [6.45, 7) is 4.06. The Morgan fingerprint density at radius 1 is 1.33 bits per heavy atom. The molecule has 0 aliphatic carbocycles. The summed E-state index contributed by atoms with van der Waals surface area (Å²) < 4.78 is 1.95. The van der Waals surface area contributed by atoms with Gasteiger partial charge in [0.05, 0.1) is 11.0 Å². The molecule has 0 spiro atoms. The summed E-state index contributed by atoms with van der Waals surface area (Å²) in [5, 5.41) is 8.68. The minimum absolute atomic E-state index is 0.156. The standard InChI is InChI=1S/C13H14N2O3/c1-7(2)12-14-9-6-8(11(16)13(17)18)4-5-10(9)15(12)3/h4-7H,1-3H3,(H,17,18). The van der Waals surface area contributed by atoms with E-state index in [2.05, 4.69) is 4.98 Å². The van der Waals surface area contributed by atoms with E-state index in [4.69, 9.17) is 5.11 Å². The third-order valence-electron chi connectivity index (χ3n) is 2.89. The van der Waals surface area contributed by atoms with Crippen LogP contribution in [0.2, 0.25) is 0 Å². The van der Waals surface area contributed by atoms with Crippen LogP contribution in [0.4, 0.5) is 0 Å². The van der Waals surface area contributed by atoms with E-state index in [1.54, 1.807) is 6.07 Å². The van der Waals surface area contributed by atoms with Crippen molar-refractivity contribution in [3.63, 3.8) is 0 Å². The zero-order chi connectivity index (χ0) is 13.4. The normalized spacial score (nSPS) is 11.1. The van der Waals surface area contributed by atoms with Crippen LogP contribution in [0.25, 0.3) is 11.0 Å². The summed E-state index contributed by atoms with van der Waals surface area (Å²) >= 11 is 0. The Kier molecular flexibility index (Phi) is 2.90. The summed E-state index contributed by atoms with van der Waals surface area (Å²) in [5.41, 5.74) is 1.69. The highest BCUT2D eigenvalue weighted by Gasteiger charge is 2.17. The maximum Gasteiger partial charge on any atom is 0.377 e. The number of aromatic nitrogens is 2. The number of carbonyl (C=O) groups excluding carboxylic acids is 1. The van der Waals surface area contributed by atoms with Crippen LogP contribution < -0.4 is 0 Å². The predicted octanol–water partition coefficient (Wildman–Crippen LogP) is 1.96. The summed E-state index contributed by atoms with van der Waals surface area (Å²) in [7, 11) is 1.91.